The predicted octanol–water partition coefficient (Wildman–Crippen LogP) is 6.04. The van der Waals surface area contributed by atoms with Gasteiger partial charge in [-0.25, -0.2) is 9.37 Å². The van der Waals surface area contributed by atoms with E-state index in [-0.39, 0.29) is 36.0 Å². The van der Waals surface area contributed by atoms with Crippen LogP contribution in [0, 0.1) is 18.7 Å². The van der Waals surface area contributed by atoms with Crippen molar-refractivity contribution in [2.24, 2.45) is 5.92 Å². The lowest BCUT2D eigenvalue weighted by Gasteiger charge is -2.12. The Bertz CT molecular complexity index is 1270. The number of carbonyl (C=O) groups is 2. The molecule has 0 spiro atoms. The number of alkyl halides is 3. The third kappa shape index (κ3) is 6.44. The Kier molecular flexibility index (Phi) is 6.86. The molecule has 1 N–H and O–H groups in total. The van der Waals surface area contributed by atoms with Crippen LogP contribution in [0.4, 0.5) is 23.4 Å². The highest BCUT2D eigenvalue weighted by molar-refractivity contribution is 5.93. The third-order valence-electron chi connectivity index (χ3n) is 5.54. The minimum atomic E-state index is -4.82. The highest BCUT2D eigenvalue weighted by Crippen LogP contribution is 2.33. The predicted molar refractivity (Wildman–Crippen MR) is 121 cm³/mol. The van der Waals surface area contributed by atoms with Gasteiger partial charge in [-0.1, -0.05) is 18.2 Å². The van der Waals surface area contributed by atoms with Gasteiger partial charge in [0.05, 0.1) is 5.56 Å². The maximum absolute atomic E-state index is 13.5. The second-order valence-electron chi connectivity index (χ2n) is 8.55. The van der Waals surface area contributed by atoms with E-state index in [2.05, 4.69) is 10.3 Å². The molecule has 0 radical (unpaired) electrons. The van der Waals surface area contributed by atoms with E-state index < -0.39 is 17.6 Å². The Balaban J connectivity index is 1.39. The molecule has 0 aliphatic heterocycles. The monoisotopic (exact) mass is 486 g/mol. The second kappa shape index (κ2) is 9.85. The lowest BCUT2D eigenvalue weighted by Crippen LogP contribution is -2.14. The number of hydrogen-bond donors (Lipinski definition) is 1. The molecule has 1 amide bonds. The molecule has 5 nitrogen and oxygen atoms in total. The number of ether oxygens (including phenoxy) is 1. The van der Waals surface area contributed by atoms with Gasteiger partial charge in [-0.2, -0.15) is 13.2 Å². The van der Waals surface area contributed by atoms with Gasteiger partial charge in [-0.05, 0) is 60.7 Å². The summed E-state index contributed by atoms with van der Waals surface area (Å²) in [6, 6.07) is 11.0. The molecule has 9 heteroatoms. The van der Waals surface area contributed by atoms with Crippen molar-refractivity contribution in [3.05, 3.63) is 82.8 Å². The number of hydrogen-bond acceptors (Lipinski definition) is 4. The zero-order chi connectivity index (χ0) is 25.2. The highest BCUT2D eigenvalue weighted by Gasteiger charge is 2.34. The molecule has 0 bridgehead atoms. The molecule has 1 aliphatic rings. The number of benzene rings is 2. The molecule has 1 saturated carbocycles. The van der Waals surface area contributed by atoms with Crippen LogP contribution < -0.4 is 10.1 Å². The Labute approximate surface area is 199 Å². The Morgan fingerprint density at radius 1 is 1.03 bits per heavy atom. The van der Waals surface area contributed by atoms with Gasteiger partial charge in [0.2, 0.25) is 5.91 Å². The summed E-state index contributed by atoms with van der Waals surface area (Å²) in [6.07, 6.45) is -1.77. The minimum Gasteiger partial charge on any atom is -0.457 e. The summed E-state index contributed by atoms with van der Waals surface area (Å²) in [5.41, 5.74) is 0.135. The van der Waals surface area contributed by atoms with E-state index in [9.17, 15) is 27.2 Å². The van der Waals surface area contributed by atoms with Gasteiger partial charge in [0.15, 0.2) is 0 Å². The normalized spacial score (nSPS) is 13.4. The lowest BCUT2D eigenvalue weighted by molar-refractivity contribution is -0.140. The molecular weight excluding hydrogens is 464 g/mol. The van der Waals surface area contributed by atoms with Crippen molar-refractivity contribution in [1.82, 2.24) is 4.98 Å². The first kappa shape index (κ1) is 24.4. The molecule has 35 heavy (non-hydrogen) atoms. The number of amides is 1. The fourth-order valence-corrected chi connectivity index (χ4v) is 3.60. The van der Waals surface area contributed by atoms with Gasteiger partial charge in [0.25, 0.3) is 0 Å². The number of aromatic nitrogens is 1. The summed E-state index contributed by atoms with van der Waals surface area (Å²) in [6.45, 7) is 1.80. The Morgan fingerprint density at radius 2 is 1.71 bits per heavy atom. The van der Waals surface area contributed by atoms with Gasteiger partial charge in [-0.15, -0.1) is 0 Å². The van der Waals surface area contributed by atoms with Gasteiger partial charge < -0.3 is 10.1 Å². The summed E-state index contributed by atoms with van der Waals surface area (Å²) in [5, 5.41) is 2.76. The van der Waals surface area contributed by atoms with E-state index in [0.717, 1.165) is 24.5 Å². The average molecular weight is 486 g/mol. The van der Waals surface area contributed by atoms with Crippen molar-refractivity contribution in [2.45, 2.75) is 38.8 Å². The smallest absolute Gasteiger partial charge is 0.419 e. The van der Waals surface area contributed by atoms with Crippen LogP contribution in [-0.2, 0) is 28.6 Å². The summed E-state index contributed by atoms with van der Waals surface area (Å²) in [4.78, 5) is 28.5. The molecule has 0 unspecified atom stereocenters. The van der Waals surface area contributed by atoms with Crippen LogP contribution in [0.3, 0.4) is 0 Å². The van der Waals surface area contributed by atoms with Crippen LogP contribution >= 0.6 is 0 Å². The molecule has 3 aromatic rings. The largest absolute Gasteiger partial charge is 0.457 e. The van der Waals surface area contributed by atoms with Crippen molar-refractivity contribution in [1.29, 1.82) is 0 Å². The molecule has 2 aromatic carbocycles. The Hall–Kier alpha value is -3.75. The van der Waals surface area contributed by atoms with Crippen LogP contribution in [0.5, 0.6) is 11.5 Å². The number of aryl methyl sites for hydroxylation is 1. The van der Waals surface area contributed by atoms with Crippen LogP contribution in [0.1, 0.15) is 35.1 Å². The minimum absolute atomic E-state index is 0.00640. The molecule has 1 aliphatic carbocycles. The molecule has 4 rings (SSSR count). The van der Waals surface area contributed by atoms with E-state index in [1.807, 2.05) is 0 Å². The second-order valence-corrected chi connectivity index (χ2v) is 8.55. The van der Waals surface area contributed by atoms with Crippen molar-refractivity contribution < 1.29 is 31.9 Å². The fourth-order valence-electron chi connectivity index (χ4n) is 3.60. The van der Waals surface area contributed by atoms with E-state index in [0.29, 0.717) is 28.9 Å². The molecule has 0 saturated heterocycles. The number of anilines is 1. The first-order valence-electron chi connectivity index (χ1n) is 11.0. The zero-order valence-electron chi connectivity index (χ0n) is 18.8. The molecule has 1 fully saturated rings. The molecular formula is C26H22F4N2O3. The molecule has 0 atom stereocenters. The standard InChI is InChI=1S/C26H22F4N2O3/c1-15-10-16(11-19(33)12-17-2-6-22(27)21(13-17)26(28,29)30)3-7-23(15)35-20-8-9-31-24(14-20)32-25(34)18-4-5-18/h2-3,6-10,13-14,18H,4-5,11-12H2,1H3,(H,31,32,34). The summed E-state index contributed by atoms with van der Waals surface area (Å²) >= 11 is 0. The van der Waals surface area contributed by atoms with Gasteiger partial charge in [0, 0.05) is 31.0 Å². The van der Waals surface area contributed by atoms with Crippen LogP contribution in [-0.4, -0.2) is 16.7 Å². The van der Waals surface area contributed by atoms with Crippen LogP contribution in [0.25, 0.3) is 0 Å². The number of rotatable bonds is 8. The summed E-state index contributed by atoms with van der Waals surface area (Å²) in [7, 11) is 0. The van der Waals surface area contributed by atoms with Gasteiger partial charge >= 0.3 is 6.18 Å². The van der Waals surface area contributed by atoms with Gasteiger partial charge in [-0.3, -0.25) is 9.59 Å². The average Bonchev–Trinajstić information content (AvgIpc) is 3.62. The van der Waals surface area contributed by atoms with Crippen LogP contribution in [0.15, 0.2) is 54.7 Å². The number of nitrogens with zero attached hydrogens (tertiary/aromatic N) is 1. The topological polar surface area (TPSA) is 68.3 Å². The molecule has 182 valence electrons. The first-order valence-corrected chi connectivity index (χ1v) is 11.0. The number of nitrogens with one attached hydrogen (secondary N) is 1. The number of pyridine rings is 1. The van der Waals surface area contributed by atoms with E-state index in [4.69, 9.17) is 4.74 Å². The maximum Gasteiger partial charge on any atom is 0.419 e. The number of carbonyl (C=O) groups excluding carboxylic acids is 2. The first-order chi connectivity index (χ1) is 16.6. The Morgan fingerprint density at radius 3 is 2.37 bits per heavy atom. The van der Waals surface area contributed by atoms with Crippen molar-refractivity contribution in [3.8, 4) is 11.5 Å². The lowest BCUT2D eigenvalue weighted by atomic mass is 10.00. The fraction of sp³-hybridized carbons (Fsp3) is 0.269. The van der Waals surface area contributed by atoms with Crippen molar-refractivity contribution in [3.63, 3.8) is 0 Å². The number of Topliss-reactive ketones (excluding diaryl/α,β-unsaturated/α-hetero) is 1. The van der Waals surface area contributed by atoms with E-state index >= 15 is 0 Å². The van der Waals surface area contributed by atoms with Crippen molar-refractivity contribution in [2.75, 3.05) is 5.32 Å². The van der Waals surface area contributed by atoms with E-state index in [1.165, 1.54) is 12.3 Å². The molecule has 1 heterocycles. The number of halogens is 4. The van der Waals surface area contributed by atoms with Crippen molar-refractivity contribution >= 4 is 17.5 Å². The quantitative estimate of drug-likeness (QED) is 0.394. The summed E-state index contributed by atoms with van der Waals surface area (Å²) in [5.74, 6) is -0.262. The third-order valence-corrected chi connectivity index (χ3v) is 5.54. The zero-order valence-corrected chi connectivity index (χ0v) is 18.8. The van der Waals surface area contributed by atoms with E-state index in [1.54, 1.807) is 37.3 Å². The van der Waals surface area contributed by atoms with Crippen LogP contribution in [0.2, 0.25) is 0 Å². The van der Waals surface area contributed by atoms with Gasteiger partial charge in [0.1, 0.15) is 28.9 Å². The number of ketones is 1. The highest BCUT2D eigenvalue weighted by atomic mass is 19.4. The maximum atomic E-state index is 13.5. The SMILES string of the molecule is Cc1cc(CC(=O)Cc2ccc(F)c(C(F)(F)F)c2)ccc1Oc1ccnc(NC(=O)C2CC2)c1. The summed E-state index contributed by atoms with van der Waals surface area (Å²) < 4.78 is 58.1. The molecule has 1 aromatic heterocycles.